The highest BCUT2D eigenvalue weighted by Crippen LogP contribution is 2.02. The molecule has 0 saturated carbocycles. The van der Waals surface area contributed by atoms with Crippen LogP contribution in [0.5, 0.6) is 0 Å². The minimum Gasteiger partial charge on any atom is -0.351 e. The summed E-state index contributed by atoms with van der Waals surface area (Å²) in [5.41, 5.74) is 0. The number of nitrogens with one attached hydrogen (secondary N) is 1. The van der Waals surface area contributed by atoms with Gasteiger partial charge in [0.05, 0.1) is 13.2 Å². The van der Waals surface area contributed by atoms with E-state index in [4.69, 9.17) is 9.47 Å². The van der Waals surface area contributed by atoms with Gasteiger partial charge in [-0.2, -0.15) is 0 Å². The van der Waals surface area contributed by atoms with E-state index in [-0.39, 0.29) is 6.29 Å². The van der Waals surface area contributed by atoms with Gasteiger partial charge in [-0.1, -0.05) is 0 Å². The summed E-state index contributed by atoms with van der Waals surface area (Å²) in [5, 5.41) is 3.29. The number of hydrogen-bond donors (Lipinski definition) is 1. The Morgan fingerprint density at radius 3 is 2.62 bits per heavy atom. The van der Waals surface area contributed by atoms with Crippen LogP contribution in [0.3, 0.4) is 0 Å². The Morgan fingerprint density at radius 1 is 1.31 bits per heavy atom. The van der Waals surface area contributed by atoms with E-state index in [1.54, 1.807) is 0 Å². The van der Waals surface area contributed by atoms with Crippen LogP contribution < -0.4 is 5.32 Å². The van der Waals surface area contributed by atoms with Gasteiger partial charge in [0.1, 0.15) is 0 Å². The van der Waals surface area contributed by atoms with Gasteiger partial charge in [0.2, 0.25) is 0 Å². The molecule has 0 aliphatic carbocycles. The van der Waals surface area contributed by atoms with Crippen LogP contribution in [-0.2, 0) is 9.47 Å². The second kappa shape index (κ2) is 6.32. The van der Waals surface area contributed by atoms with E-state index in [2.05, 4.69) is 24.3 Å². The summed E-state index contributed by atoms with van der Waals surface area (Å²) in [4.78, 5) is 2.15. The van der Waals surface area contributed by atoms with Crippen molar-refractivity contribution in [3.05, 3.63) is 0 Å². The SMILES string of the molecule is CN(C)CCNCC1OCCCO1. The van der Waals surface area contributed by atoms with Gasteiger partial charge in [0.25, 0.3) is 0 Å². The van der Waals surface area contributed by atoms with Gasteiger partial charge >= 0.3 is 0 Å². The lowest BCUT2D eigenvalue weighted by Gasteiger charge is -2.23. The zero-order valence-electron chi connectivity index (χ0n) is 8.58. The van der Waals surface area contributed by atoms with Crippen molar-refractivity contribution in [3.8, 4) is 0 Å². The van der Waals surface area contributed by atoms with Gasteiger partial charge in [0.15, 0.2) is 6.29 Å². The van der Waals surface area contributed by atoms with Crippen LogP contribution in [0.1, 0.15) is 6.42 Å². The average molecular weight is 188 g/mol. The Bertz CT molecular complexity index is 125. The van der Waals surface area contributed by atoms with Crippen molar-refractivity contribution in [2.45, 2.75) is 12.7 Å². The molecule has 0 aromatic carbocycles. The average Bonchev–Trinajstić information content (AvgIpc) is 2.14. The summed E-state index contributed by atoms with van der Waals surface area (Å²) in [5.74, 6) is 0. The van der Waals surface area contributed by atoms with E-state index >= 15 is 0 Å². The van der Waals surface area contributed by atoms with Gasteiger partial charge in [-0.25, -0.2) is 0 Å². The predicted molar refractivity (Wildman–Crippen MR) is 51.7 cm³/mol. The number of rotatable bonds is 5. The molecule has 0 bridgehead atoms. The minimum atomic E-state index is -0.0316. The first-order valence-corrected chi connectivity index (χ1v) is 4.87. The van der Waals surface area contributed by atoms with Crippen LogP contribution in [0.15, 0.2) is 0 Å². The third kappa shape index (κ3) is 5.21. The lowest BCUT2D eigenvalue weighted by atomic mass is 10.4. The molecule has 0 amide bonds. The van der Waals surface area contributed by atoms with Gasteiger partial charge < -0.3 is 19.7 Å². The van der Waals surface area contributed by atoms with E-state index in [0.29, 0.717) is 0 Å². The lowest BCUT2D eigenvalue weighted by molar-refractivity contribution is -0.175. The summed E-state index contributed by atoms with van der Waals surface area (Å²) in [6.45, 7) is 4.50. The van der Waals surface area contributed by atoms with Gasteiger partial charge in [0, 0.05) is 19.6 Å². The van der Waals surface area contributed by atoms with Gasteiger partial charge in [-0.05, 0) is 20.5 Å². The fourth-order valence-corrected chi connectivity index (χ4v) is 1.18. The van der Waals surface area contributed by atoms with E-state index in [1.165, 1.54) is 0 Å². The van der Waals surface area contributed by atoms with E-state index in [0.717, 1.165) is 39.3 Å². The van der Waals surface area contributed by atoms with E-state index < -0.39 is 0 Å². The molecule has 1 fully saturated rings. The lowest BCUT2D eigenvalue weighted by Crippen LogP contribution is -2.37. The fourth-order valence-electron chi connectivity index (χ4n) is 1.18. The van der Waals surface area contributed by atoms with Crippen molar-refractivity contribution in [2.24, 2.45) is 0 Å². The molecule has 4 nitrogen and oxygen atoms in total. The highest BCUT2D eigenvalue weighted by atomic mass is 16.7. The topological polar surface area (TPSA) is 33.7 Å². The normalized spacial score (nSPS) is 19.6. The summed E-state index contributed by atoms with van der Waals surface area (Å²) in [6.07, 6.45) is 0.990. The molecule has 0 unspecified atom stereocenters. The maximum Gasteiger partial charge on any atom is 0.169 e. The van der Waals surface area contributed by atoms with Crippen LogP contribution in [0.25, 0.3) is 0 Å². The second-order valence-corrected chi connectivity index (χ2v) is 3.53. The molecule has 1 aliphatic rings. The number of ether oxygens (including phenoxy) is 2. The Hall–Kier alpha value is -0.160. The van der Waals surface area contributed by atoms with E-state index in [9.17, 15) is 0 Å². The zero-order chi connectivity index (χ0) is 9.52. The van der Waals surface area contributed by atoms with Crippen molar-refractivity contribution >= 4 is 0 Å². The molecule has 78 valence electrons. The zero-order valence-corrected chi connectivity index (χ0v) is 8.58. The molecule has 1 aliphatic heterocycles. The molecule has 0 aromatic rings. The quantitative estimate of drug-likeness (QED) is 0.611. The summed E-state index contributed by atoms with van der Waals surface area (Å²) >= 11 is 0. The molecule has 1 rings (SSSR count). The Kier molecular flexibility index (Phi) is 5.31. The highest BCUT2D eigenvalue weighted by Gasteiger charge is 2.12. The summed E-state index contributed by atoms with van der Waals surface area (Å²) in [7, 11) is 4.13. The molecule has 0 aromatic heterocycles. The molecule has 4 heteroatoms. The smallest absolute Gasteiger partial charge is 0.169 e. The number of nitrogens with zero attached hydrogens (tertiary/aromatic N) is 1. The maximum atomic E-state index is 5.39. The van der Waals surface area contributed by atoms with Crippen molar-refractivity contribution < 1.29 is 9.47 Å². The Balaban J connectivity index is 1.92. The van der Waals surface area contributed by atoms with E-state index in [1.807, 2.05) is 0 Å². The first kappa shape index (κ1) is 10.9. The summed E-state index contributed by atoms with van der Waals surface area (Å²) in [6, 6.07) is 0. The first-order valence-electron chi connectivity index (χ1n) is 4.87. The van der Waals surface area contributed by atoms with Crippen LogP contribution >= 0.6 is 0 Å². The van der Waals surface area contributed by atoms with Crippen molar-refractivity contribution in [2.75, 3.05) is 46.9 Å². The monoisotopic (exact) mass is 188 g/mol. The number of hydrogen-bond acceptors (Lipinski definition) is 4. The second-order valence-electron chi connectivity index (χ2n) is 3.53. The van der Waals surface area contributed by atoms with Gasteiger partial charge in [-0.15, -0.1) is 0 Å². The van der Waals surface area contributed by atoms with Gasteiger partial charge in [-0.3, -0.25) is 0 Å². The standard InChI is InChI=1S/C9H20N2O2/c1-11(2)5-4-10-8-9-12-6-3-7-13-9/h9-10H,3-8H2,1-2H3. The molecule has 0 radical (unpaired) electrons. The molecular weight excluding hydrogens is 168 g/mol. The third-order valence-corrected chi connectivity index (χ3v) is 1.94. The third-order valence-electron chi connectivity index (χ3n) is 1.94. The minimum absolute atomic E-state index is 0.0316. The van der Waals surface area contributed by atoms with Crippen LogP contribution in [0, 0.1) is 0 Å². The van der Waals surface area contributed by atoms with Crippen LogP contribution in [-0.4, -0.2) is 58.1 Å². The van der Waals surface area contributed by atoms with Crippen molar-refractivity contribution in [1.29, 1.82) is 0 Å². The fraction of sp³-hybridized carbons (Fsp3) is 1.00. The van der Waals surface area contributed by atoms with Crippen molar-refractivity contribution in [1.82, 2.24) is 10.2 Å². The highest BCUT2D eigenvalue weighted by molar-refractivity contribution is 4.57. The molecule has 1 saturated heterocycles. The molecule has 1 heterocycles. The van der Waals surface area contributed by atoms with Crippen LogP contribution in [0.2, 0.25) is 0 Å². The predicted octanol–water partition coefficient (Wildman–Crippen LogP) is -0.0994. The first-order chi connectivity index (χ1) is 6.29. The molecule has 0 spiro atoms. The Morgan fingerprint density at radius 2 is 2.00 bits per heavy atom. The molecule has 0 atom stereocenters. The van der Waals surface area contributed by atoms with Crippen LogP contribution in [0.4, 0.5) is 0 Å². The maximum absolute atomic E-state index is 5.39. The van der Waals surface area contributed by atoms with Crippen molar-refractivity contribution in [3.63, 3.8) is 0 Å². The summed E-state index contributed by atoms with van der Waals surface area (Å²) < 4.78 is 10.8. The molecule has 13 heavy (non-hydrogen) atoms. The Labute approximate surface area is 80.2 Å². The molecule has 1 N–H and O–H groups in total. The largest absolute Gasteiger partial charge is 0.351 e. The number of likely N-dealkylation sites (N-methyl/N-ethyl adjacent to an activating group) is 1. The molecular formula is C9H20N2O2.